The van der Waals surface area contributed by atoms with Crippen LogP contribution in [0.2, 0.25) is 5.02 Å². The molecular weight excluding hydrogens is 266 g/mol. The molecule has 0 spiro atoms. The molecule has 0 N–H and O–H groups in total. The summed E-state index contributed by atoms with van der Waals surface area (Å²) in [4.78, 5) is 26.3. The van der Waals surface area contributed by atoms with Crippen LogP contribution in [-0.2, 0) is 16.1 Å². The van der Waals surface area contributed by atoms with Crippen LogP contribution in [0, 0.1) is 11.3 Å². The van der Waals surface area contributed by atoms with Crippen LogP contribution in [0.25, 0.3) is 0 Å². The molecule has 2 amide bonds. The van der Waals surface area contributed by atoms with E-state index in [1.165, 1.54) is 9.80 Å². The first-order chi connectivity index (χ1) is 9.02. The van der Waals surface area contributed by atoms with Crippen LogP contribution in [0.5, 0.6) is 0 Å². The van der Waals surface area contributed by atoms with Gasteiger partial charge in [-0.15, -0.1) is 0 Å². The third kappa shape index (κ3) is 2.69. The minimum Gasteiger partial charge on any atom is -0.336 e. The number of amides is 2. The predicted molar refractivity (Wildman–Crippen MR) is 69.2 cm³/mol. The zero-order chi connectivity index (χ0) is 14.0. The van der Waals surface area contributed by atoms with Gasteiger partial charge in [0.1, 0.15) is 0 Å². The largest absolute Gasteiger partial charge is 0.336 e. The monoisotopic (exact) mass is 277 g/mol. The molecule has 0 aliphatic carbocycles. The Morgan fingerprint density at radius 2 is 2.05 bits per heavy atom. The summed E-state index contributed by atoms with van der Waals surface area (Å²) < 4.78 is 0. The fourth-order valence-corrected chi connectivity index (χ4v) is 2.11. The van der Waals surface area contributed by atoms with Crippen molar-refractivity contribution in [1.29, 1.82) is 5.26 Å². The average molecular weight is 278 g/mol. The molecule has 6 heteroatoms. The highest BCUT2D eigenvalue weighted by Gasteiger charge is 2.30. The van der Waals surface area contributed by atoms with E-state index in [-0.39, 0.29) is 6.54 Å². The molecule has 0 unspecified atom stereocenters. The molecule has 5 nitrogen and oxygen atoms in total. The van der Waals surface area contributed by atoms with E-state index in [1.54, 1.807) is 25.2 Å². The Bertz CT molecular complexity index is 580. The molecule has 1 aromatic rings. The molecule has 0 atom stereocenters. The molecule has 2 rings (SSSR count). The van der Waals surface area contributed by atoms with E-state index in [2.05, 4.69) is 0 Å². The van der Waals surface area contributed by atoms with Crippen molar-refractivity contribution < 1.29 is 9.59 Å². The number of likely N-dealkylation sites (N-methyl/N-ethyl adjacent to an activating group) is 1. The molecule has 1 aliphatic rings. The fraction of sp³-hybridized carbons (Fsp3) is 0.308. The number of piperazine rings is 1. The Labute approximate surface area is 116 Å². The molecule has 1 aromatic carbocycles. The van der Waals surface area contributed by atoms with Gasteiger partial charge in [-0.25, -0.2) is 0 Å². The maximum Gasteiger partial charge on any atom is 0.312 e. The minimum atomic E-state index is -0.519. The van der Waals surface area contributed by atoms with Gasteiger partial charge in [0, 0.05) is 31.7 Å². The van der Waals surface area contributed by atoms with E-state index in [9.17, 15) is 9.59 Å². The van der Waals surface area contributed by atoms with Crippen molar-refractivity contribution in [2.24, 2.45) is 0 Å². The summed E-state index contributed by atoms with van der Waals surface area (Å²) in [6, 6.07) is 6.90. The number of rotatable bonds is 2. The number of nitriles is 1. The van der Waals surface area contributed by atoms with E-state index < -0.39 is 11.8 Å². The van der Waals surface area contributed by atoms with Crippen LogP contribution < -0.4 is 0 Å². The zero-order valence-electron chi connectivity index (χ0n) is 10.4. The van der Waals surface area contributed by atoms with Crippen LogP contribution in [0.15, 0.2) is 18.2 Å². The third-order valence-corrected chi connectivity index (χ3v) is 3.42. The molecule has 0 saturated carbocycles. The quantitative estimate of drug-likeness (QED) is 0.758. The second-order valence-corrected chi connectivity index (χ2v) is 4.78. The van der Waals surface area contributed by atoms with Crippen molar-refractivity contribution in [2.75, 3.05) is 20.1 Å². The standard InChI is InChI=1S/C13H12ClN3O2/c1-16-4-5-17(13(19)12(16)18)8-10-3-2-9(7-15)6-11(10)14/h2-3,6H,4-5,8H2,1H3. The SMILES string of the molecule is CN1CCN(Cc2ccc(C#N)cc2Cl)C(=O)C1=O. The Morgan fingerprint density at radius 1 is 1.32 bits per heavy atom. The van der Waals surface area contributed by atoms with E-state index >= 15 is 0 Å². The van der Waals surface area contributed by atoms with Crippen molar-refractivity contribution in [1.82, 2.24) is 9.80 Å². The average Bonchev–Trinajstić information content (AvgIpc) is 2.41. The van der Waals surface area contributed by atoms with Crippen molar-refractivity contribution in [3.63, 3.8) is 0 Å². The summed E-state index contributed by atoms with van der Waals surface area (Å²) in [6.45, 7) is 1.28. The highest BCUT2D eigenvalue weighted by molar-refractivity contribution is 6.35. The Balaban J connectivity index is 2.16. The fourth-order valence-electron chi connectivity index (χ4n) is 1.87. The lowest BCUT2D eigenvalue weighted by atomic mass is 10.1. The van der Waals surface area contributed by atoms with Gasteiger partial charge in [0.2, 0.25) is 0 Å². The molecular formula is C13H12ClN3O2. The second kappa shape index (κ2) is 5.29. The van der Waals surface area contributed by atoms with Crippen LogP contribution >= 0.6 is 11.6 Å². The molecule has 1 saturated heterocycles. The molecule has 1 aliphatic heterocycles. The number of carbonyl (C=O) groups excluding carboxylic acids is 2. The van der Waals surface area contributed by atoms with E-state index in [0.717, 1.165) is 5.56 Å². The van der Waals surface area contributed by atoms with Gasteiger partial charge in [-0.2, -0.15) is 5.26 Å². The summed E-state index contributed by atoms with van der Waals surface area (Å²) in [7, 11) is 1.60. The van der Waals surface area contributed by atoms with Gasteiger partial charge < -0.3 is 9.80 Å². The summed E-state index contributed by atoms with van der Waals surface area (Å²) >= 11 is 6.06. The van der Waals surface area contributed by atoms with Gasteiger partial charge in [0.15, 0.2) is 0 Å². The molecule has 1 fully saturated rings. The van der Waals surface area contributed by atoms with E-state index in [4.69, 9.17) is 16.9 Å². The third-order valence-electron chi connectivity index (χ3n) is 3.07. The van der Waals surface area contributed by atoms with Gasteiger partial charge in [-0.3, -0.25) is 9.59 Å². The van der Waals surface area contributed by atoms with Gasteiger partial charge in [0.25, 0.3) is 0 Å². The van der Waals surface area contributed by atoms with Gasteiger partial charge in [0.05, 0.1) is 11.6 Å². The lowest BCUT2D eigenvalue weighted by Crippen LogP contribution is -2.52. The number of nitrogens with zero attached hydrogens (tertiary/aromatic N) is 3. The van der Waals surface area contributed by atoms with Gasteiger partial charge >= 0.3 is 11.8 Å². The van der Waals surface area contributed by atoms with Gasteiger partial charge in [-0.1, -0.05) is 17.7 Å². The number of halogens is 1. The number of hydrogen-bond donors (Lipinski definition) is 0. The molecule has 0 radical (unpaired) electrons. The van der Waals surface area contributed by atoms with Crippen LogP contribution in [0.1, 0.15) is 11.1 Å². The lowest BCUT2D eigenvalue weighted by Gasteiger charge is -2.31. The summed E-state index contributed by atoms with van der Waals surface area (Å²) in [5.41, 5.74) is 1.20. The number of benzene rings is 1. The lowest BCUT2D eigenvalue weighted by molar-refractivity contribution is -0.155. The highest BCUT2D eigenvalue weighted by atomic mass is 35.5. The molecule has 19 heavy (non-hydrogen) atoms. The Kier molecular flexibility index (Phi) is 3.72. The summed E-state index contributed by atoms with van der Waals surface area (Å²) in [6.07, 6.45) is 0. The highest BCUT2D eigenvalue weighted by Crippen LogP contribution is 2.20. The van der Waals surface area contributed by atoms with Crippen molar-refractivity contribution >= 4 is 23.4 Å². The number of carbonyl (C=O) groups is 2. The normalized spacial score (nSPS) is 15.6. The molecule has 1 heterocycles. The Hall–Kier alpha value is -2.06. The van der Waals surface area contributed by atoms with Crippen LogP contribution in [0.4, 0.5) is 0 Å². The van der Waals surface area contributed by atoms with Crippen molar-refractivity contribution in [2.45, 2.75) is 6.54 Å². The second-order valence-electron chi connectivity index (χ2n) is 4.37. The summed E-state index contributed by atoms with van der Waals surface area (Å²) in [5, 5.41) is 9.19. The molecule has 0 bridgehead atoms. The van der Waals surface area contributed by atoms with Gasteiger partial charge in [-0.05, 0) is 17.7 Å². The van der Waals surface area contributed by atoms with Crippen molar-refractivity contribution in [3.05, 3.63) is 34.3 Å². The first-order valence-electron chi connectivity index (χ1n) is 5.76. The first kappa shape index (κ1) is 13.4. The smallest absolute Gasteiger partial charge is 0.312 e. The molecule has 98 valence electrons. The molecule has 0 aromatic heterocycles. The predicted octanol–water partition coefficient (Wildman–Crippen LogP) is 1.01. The van der Waals surface area contributed by atoms with Crippen molar-refractivity contribution in [3.8, 4) is 6.07 Å². The van der Waals surface area contributed by atoms with Crippen LogP contribution in [-0.4, -0.2) is 41.8 Å². The summed E-state index contributed by atoms with van der Waals surface area (Å²) in [5.74, 6) is -1.02. The maximum absolute atomic E-state index is 11.8. The maximum atomic E-state index is 11.8. The first-order valence-corrected chi connectivity index (χ1v) is 6.13. The topological polar surface area (TPSA) is 64.4 Å². The van der Waals surface area contributed by atoms with Crippen LogP contribution in [0.3, 0.4) is 0 Å². The van der Waals surface area contributed by atoms with E-state index in [1.807, 2.05) is 6.07 Å². The zero-order valence-corrected chi connectivity index (χ0v) is 11.1. The number of hydrogen-bond acceptors (Lipinski definition) is 3. The van der Waals surface area contributed by atoms with E-state index in [0.29, 0.717) is 23.7 Å². The Morgan fingerprint density at radius 3 is 2.68 bits per heavy atom. The minimum absolute atomic E-state index is 0.281.